The number of guanidine groups is 1. The van der Waals surface area contributed by atoms with Gasteiger partial charge in [-0.2, -0.15) is 5.10 Å². The maximum Gasteiger partial charge on any atom is 0.225 e. The lowest BCUT2D eigenvalue weighted by molar-refractivity contribution is -0.134. The van der Waals surface area contributed by atoms with E-state index in [4.69, 9.17) is 0 Å². The normalized spacial score (nSPS) is 19.9. The second-order valence-corrected chi connectivity index (χ2v) is 8.31. The van der Waals surface area contributed by atoms with Gasteiger partial charge in [-0.05, 0) is 26.2 Å². The predicted octanol–water partition coefficient (Wildman–Crippen LogP) is 1.12. The zero-order chi connectivity index (χ0) is 21.6. The van der Waals surface area contributed by atoms with Gasteiger partial charge in [-0.25, -0.2) is 9.97 Å². The lowest BCUT2D eigenvalue weighted by atomic mass is 10.1. The van der Waals surface area contributed by atoms with Crippen LogP contribution in [0.25, 0.3) is 11.0 Å². The van der Waals surface area contributed by atoms with Gasteiger partial charge in [0.1, 0.15) is 12.1 Å². The average molecular weight is 428 g/mol. The van der Waals surface area contributed by atoms with E-state index in [-0.39, 0.29) is 12.0 Å². The Hall–Kier alpha value is -2.91. The fourth-order valence-corrected chi connectivity index (χ4v) is 4.47. The molecule has 2 aromatic rings. The van der Waals surface area contributed by atoms with Crippen LogP contribution in [-0.4, -0.2) is 75.3 Å². The molecule has 2 aliphatic rings. The summed E-state index contributed by atoms with van der Waals surface area (Å²) in [5.41, 5.74) is 0.800. The Morgan fingerprint density at radius 1 is 1.26 bits per heavy atom. The van der Waals surface area contributed by atoms with Gasteiger partial charge in [0.2, 0.25) is 5.91 Å². The number of likely N-dealkylation sites (tertiary alicyclic amines) is 1. The van der Waals surface area contributed by atoms with Crippen molar-refractivity contribution in [3.63, 3.8) is 0 Å². The zero-order valence-corrected chi connectivity index (χ0v) is 18.5. The van der Waals surface area contributed by atoms with Crippen molar-refractivity contribution in [2.24, 2.45) is 18.0 Å². The minimum Gasteiger partial charge on any atom is -0.367 e. The highest BCUT2D eigenvalue weighted by Crippen LogP contribution is 2.27. The smallest absolute Gasteiger partial charge is 0.225 e. The number of amides is 1. The third-order valence-corrected chi connectivity index (χ3v) is 6.09. The quantitative estimate of drug-likeness (QED) is 0.345. The number of aliphatic imine (C=N–C) groups is 1. The fourth-order valence-electron chi connectivity index (χ4n) is 4.47. The lowest BCUT2D eigenvalue weighted by Gasteiger charge is -2.21. The van der Waals surface area contributed by atoms with E-state index in [2.05, 4.69) is 42.9 Å². The first-order valence-corrected chi connectivity index (χ1v) is 11.4. The molecule has 3 N–H and O–H groups in total. The molecule has 1 amide bonds. The van der Waals surface area contributed by atoms with Crippen molar-refractivity contribution in [3.05, 3.63) is 12.5 Å². The SMILES string of the molecule is CCNC(=NCCNc1ncnc2c1cnn2C)NC1CCN(C(=O)C2CCCC2)C1. The molecule has 1 atom stereocenters. The molecule has 10 heteroatoms. The Morgan fingerprint density at radius 3 is 2.90 bits per heavy atom. The molecule has 1 aliphatic heterocycles. The summed E-state index contributed by atoms with van der Waals surface area (Å²) in [7, 11) is 1.86. The van der Waals surface area contributed by atoms with Gasteiger partial charge in [0, 0.05) is 45.2 Å². The van der Waals surface area contributed by atoms with Gasteiger partial charge in [-0.3, -0.25) is 14.5 Å². The first-order chi connectivity index (χ1) is 15.2. The molecular weight excluding hydrogens is 394 g/mol. The van der Waals surface area contributed by atoms with Gasteiger partial charge in [0.05, 0.1) is 18.1 Å². The molecule has 0 radical (unpaired) electrons. The number of nitrogens with zero attached hydrogens (tertiary/aromatic N) is 6. The number of nitrogens with one attached hydrogen (secondary N) is 3. The van der Waals surface area contributed by atoms with Crippen LogP contribution in [-0.2, 0) is 11.8 Å². The monoisotopic (exact) mass is 427 g/mol. The second kappa shape index (κ2) is 9.93. The van der Waals surface area contributed by atoms with Crippen LogP contribution in [0.3, 0.4) is 0 Å². The highest BCUT2D eigenvalue weighted by molar-refractivity contribution is 5.86. The predicted molar refractivity (Wildman–Crippen MR) is 121 cm³/mol. The third kappa shape index (κ3) is 5.05. The summed E-state index contributed by atoms with van der Waals surface area (Å²) >= 11 is 0. The van der Waals surface area contributed by atoms with E-state index in [9.17, 15) is 4.79 Å². The van der Waals surface area contributed by atoms with Gasteiger partial charge < -0.3 is 20.9 Å². The van der Waals surface area contributed by atoms with Crippen molar-refractivity contribution in [2.75, 3.05) is 38.0 Å². The largest absolute Gasteiger partial charge is 0.367 e. The molecule has 2 fully saturated rings. The van der Waals surface area contributed by atoms with Crippen molar-refractivity contribution in [2.45, 2.75) is 45.1 Å². The van der Waals surface area contributed by atoms with Crippen molar-refractivity contribution in [1.29, 1.82) is 0 Å². The molecular formula is C21H33N9O. The first kappa shape index (κ1) is 21.3. The summed E-state index contributed by atoms with van der Waals surface area (Å²) < 4.78 is 1.73. The minimum atomic E-state index is 0.244. The summed E-state index contributed by atoms with van der Waals surface area (Å²) in [5, 5.41) is 15.3. The van der Waals surface area contributed by atoms with Gasteiger partial charge >= 0.3 is 0 Å². The number of aromatic nitrogens is 4. The van der Waals surface area contributed by atoms with Crippen LogP contribution in [0, 0.1) is 5.92 Å². The number of fused-ring (bicyclic) bond motifs is 1. The van der Waals surface area contributed by atoms with E-state index in [1.165, 1.54) is 12.8 Å². The number of hydrogen-bond acceptors (Lipinski definition) is 6. The van der Waals surface area contributed by atoms with E-state index in [1.807, 2.05) is 11.9 Å². The number of carbonyl (C=O) groups excluding carboxylic acids is 1. The van der Waals surface area contributed by atoms with E-state index >= 15 is 0 Å². The number of rotatable bonds is 7. The molecule has 0 aromatic carbocycles. The number of anilines is 1. The molecule has 10 nitrogen and oxygen atoms in total. The van der Waals surface area contributed by atoms with Gasteiger partial charge in [0.25, 0.3) is 0 Å². The van der Waals surface area contributed by atoms with E-state index < -0.39 is 0 Å². The Balaban J connectivity index is 1.28. The first-order valence-electron chi connectivity index (χ1n) is 11.4. The number of hydrogen-bond donors (Lipinski definition) is 3. The third-order valence-electron chi connectivity index (χ3n) is 6.09. The van der Waals surface area contributed by atoms with Crippen LogP contribution in [0.1, 0.15) is 39.0 Å². The van der Waals surface area contributed by atoms with E-state index in [0.717, 1.165) is 61.7 Å². The summed E-state index contributed by atoms with van der Waals surface area (Å²) in [5.74, 6) is 2.15. The van der Waals surface area contributed by atoms with E-state index in [0.29, 0.717) is 19.0 Å². The summed E-state index contributed by atoms with van der Waals surface area (Å²) in [6.07, 6.45) is 8.77. The molecule has 4 rings (SSSR count). The van der Waals surface area contributed by atoms with Crippen molar-refractivity contribution in [1.82, 2.24) is 35.3 Å². The van der Waals surface area contributed by atoms with Crippen molar-refractivity contribution >= 4 is 28.7 Å². The molecule has 168 valence electrons. The molecule has 1 unspecified atom stereocenters. The van der Waals surface area contributed by atoms with Gasteiger partial charge in [-0.1, -0.05) is 12.8 Å². The molecule has 2 aromatic heterocycles. The molecule has 1 aliphatic carbocycles. The molecule has 31 heavy (non-hydrogen) atoms. The van der Waals surface area contributed by atoms with Crippen molar-refractivity contribution < 1.29 is 4.79 Å². The fraction of sp³-hybridized carbons (Fsp3) is 0.667. The molecule has 0 bridgehead atoms. The topological polar surface area (TPSA) is 112 Å². The van der Waals surface area contributed by atoms with E-state index in [1.54, 1.807) is 17.2 Å². The Bertz CT molecular complexity index is 919. The molecule has 0 spiro atoms. The molecule has 3 heterocycles. The Labute approximate surface area is 182 Å². The summed E-state index contributed by atoms with van der Waals surface area (Å²) in [4.78, 5) is 28.0. The lowest BCUT2D eigenvalue weighted by Crippen LogP contribution is -2.45. The highest BCUT2D eigenvalue weighted by atomic mass is 16.2. The maximum atomic E-state index is 12.7. The van der Waals surface area contributed by atoms with Crippen LogP contribution in [0.15, 0.2) is 17.5 Å². The van der Waals surface area contributed by atoms with Crippen LogP contribution in [0.5, 0.6) is 0 Å². The Morgan fingerprint density at radius 2 is 2.10 bits per heavy atom. The maximum absolute atomic E-state index is 12.7. The number of carbonyl (C=O) groups is 1. The Kier molecular flexibility index (Phi) is 6.83. The summed E-state index contributed by atoms with van der Waals surface area (Å²) in [6, 6.07) is 0.244. The zero-order valence-electron chi connectivity index (χ0n) is 18.5. The average Bonchev–Trinajstić information content (AvgIpc) is 3.53. The molecule has 1 saturated heterocycles. The van der Waals surface area contributed by atoms with Crippen LogP contribution in [0.2, 0.25) is 0 Å². The van der Waals surface area contributed by atoms with Crippen LogP contribution in [0.4, 0.5) is 5.82 Å². The summed E-state index contributed by atoms with van der Waals surface area (Å²) in [6.45, 7) is 5.69. The van der Waals surface area contributed by atoms with Gasteiger partial charge in [0.15, 0.2) is 11.6 Å². The van der Waals surface area contributed by atoms with Crippen molar-refractivity contribution in [3.8, 4) is 0 Å². The van der Waals surface area contributed by atoms with Crippen LogP contribution < -0.4 is 16.0 Å². The van der Waals surface area contributed by atoms with Crippen LogP contribution >= 0.6 is 0 Å². The highest BCUT2D eigenvalue weighted by Gasteiger charge is 2.32. The molecule has 1 saturated carbocycles. The minimum absolute atomic E-state index is 0.244. The number of aryl methyl sites for hydroxylation is 1. The van der Waals surface area contributed by atoms with Gasteiger partial charge in [-0.15, -0.1) is 0 Å². The standard InChI is InChI=1S/C21H33N9O/c1-3-22-21(28-16-8-11-30(13-16)20(31)15-6-4-5-7-15)24-10-9-23-18-17-12-27-29(2)19(17)26-14-25-18/h12,14-16H,3-11,13H2,1-2H3,(H2,22,24,28)(H,23,25,26). The second-order valence-electron chi connectivity index (χ2n) is 8.31.